The molecule has 1 amide bonds. The highest BCUT2D eigenvalue weighted by molar-refractivity contribution is 6.32. The lowest BCUT2D eigenvalue weighted by atomic mass is 10.1. The molecule has 108 valence electrons. The third kappa shape index (κ3) is 3.35. The third-order valence-corrected chi connectivity index (χ3v) is 3.23. The number of hydrogen-bond donors (Lipinski definition) is 0. The summed E-state index contributed by atoms with van der Waals surface area (Å²) in [4.78, 5) is 28.0. The number of benzene rings is 1. The Morgan fingerprint density at radius 1 is 1.33 bits per heavy atom. The molecule has 0 aliphatic rings. The molecule has 0 N–H and O–H groups in total. The SMILES string of the molecule is CN(Cc1ccccc1[N+](=O)[O-])C(=O)c1cccnc1Cl. The highest BCUT2D eigenvalue weighted by Crippen LogP contribution is 2.21. The molecule has 0 saturated carbocycles. The molecule has 0 saturated heterocycles. The van der Waals surface area contributed by atoms with Gasteiger partial charge in [0.1, 0.15) is 5.15 Å². The summed E-state index contributed by atoms with van der Waals surface area (Å²) in [6, 6.07) is 9.47. The molecule has 1 heterocycles. The van der Waals surface area contributed by atoms with Crippen LogP contribution >= 0.6 is 11.6 Å². The summed E-state index contributed by atoms with van der Waals surface area (Å²) in [5.74, 6) is -0.341. The molecule has 1 aromatic carbocycles. The fraction of sp³-hybridized carbons (Fsp3) is 0.143. The van der Waals surface area contributed by atoms with Crippen LogP contribution in [0.3, 0.4) is 0 Å². The van der Waals surface area contributed by atoms with Crippen molar-refractivity contribution >= 4 is 23.2 Å². The molecule has 0 aliphatic carbocycles. The number of nitrogens with zero attached hydrogens (tertiary/aromatic N) is 3. The van der Waals surface area contributed by atoms with Gasteiger partial charge in [0.05, 0.1) is 17.0 Å². The zero-order valence-corrected chi connectivity index (χ0v) is 11.9. The lowest BCUT2D eigenvalue weighted by molar-refractivity contribution is -0.385. The largest absolute Gasteiger partial charge is 0.337 e. The molecular weight excluding hydrogens is 294 g/mol. The van der Waals surface area contributed by atoms with Gasteiger partial charge in [-0.1, -0.05) is 29.8 Å². The first-order chi connectivity index (χ1) is 10.0. The van der Waals surface area contributed by atoms with Gasteiger partial charge in [-0.2, -0.15) is 0 Å². The van der Waals surface area contributed by atoms with Gasteiger partial charge in [-0.25, -0.2) is 4.98 Å². The molecule has 0 unspecified atom stereocenters. The van der Waals surface area contributed by atoms with Crippen molar-refractivity contribution in [3.8, 4) is 0 Å². The minimum absolute atomic E-state index is 0.0190. The molecule has 7 heteroatoms. The summed E-state index contributed by atoms with van der Waals surface area (Å²) in [5, 5.41) is 11.1. The quantitative estimate of drug-likeness (QED) is 0.494. The topological polar surface area (TPSA) is 76.3 Å². The van der Waals surface area contributed by atoms with Crippen LogP contribution in [0.15, 0.2) is 42.6 Å². The molecule has 0 bridgehead atoms. The van der Waals surface area contributed by atoms with Crippen molar-refractivity contribution < 1.29 is 9.72 Å². The number of halogens is 1. The van der Waals surface area contributed by atoms with Crippen molar-refractivity contribution in [1.29, 1.82) is 0 Å². The zero-order valence-electron chi connectivity index (χ0n) is 11.2. The Morgan fingerprint density at radius 3 is 2.71 bits per heavy atom. The Hall–Kier alpha value is -2.47. The Morgan fingerprint density at radius 2 is 2.05 bits per heavy atom. The van der Waals surface area contributed by atoms with Crippen LogP contribution in [-0.4, -0.2) is 27.8 Å². The van der Waals surface area contributed by atoms with Crippen LogP contribution in [0.4, 0.5) is 5.69 Å². The zero-order chi connectivity index (χ0) is 15.4. The maximum Gasteiger partial charge on any atom is 0.274 e. The number of aromatic nitrogens is 1. The number of rotatable bonds is 4. The highest BCUT2D eigenvalue weighted by atomic mass is 35.5. The van der Waals surface area contributed by atoms with Crippen LogP contribution in [0, 0.1) is 10.1 Å². The molecular formula is C14H12ClN3O3. The predicted molar refractivity (Wildman–Crippen MR) is 78.1 cm³/mol. The van der Waals surface area contributed by atoms with Crippen LogP contribution in [0.1, 0.15) is 15.9 Å². The predicted octanol–water partition coefficient (Wildman–Crippen LogP) is 2.92. The van der Waals surface area contributed by atoms with E-state index in [1.165, 1.54) is 17.2 Å². The fourth-order valence-electron chi connectivity index (χ4n) is 1.90. The second kappa shape index (κ2) is 6.32. The van der Waals surface area contributed by atoms with Gasteiger partial charge in [-0.3, -0.25) is 14.9 Å². The summed E-state index contributed by atoms with van der Waals surface area (Å²) >= 11 is 5.88. The number of carbonyl (C=O) groups excluding carboxylic acids is 1. The molecule has 0 fully saturated rings. The highest BCUT2D eigenvalue weighted by Gasteiger charge is 2.19. The fourth-order valence-corrected chi connectivity index (χ4v) is 2.10. The van der Waals surface area contributed by atoms with Gasteiger partial charge in [-0.05, 0) is 12.1 Å². The number of carbonyl (C=O) groups is 1. The van der Waals surface area contributed by atoms with Crippen molar-refractivity contribution in [3.63, 3.8) is 0 Å². The first-order valence-corrected chi connectivity index (χ1v) is 6.46. The standard InChI is InChI=1S/C14H12ClN3O3/c1-17(14(19)11-6-4-8-16-13(11)15)9-10-5-2-3-7-12(10)18(20)21/h2-8H,9H2,1H3. The monoisotopic (exact) mass is 305 g/mol. The van der Waals surface area contributed by atoms with E-state index in [1.807, 2.05) is 0 Å². The maximum absolute atomic E-state index is 12.3. The summed E-state index contributed by atoms with van der Waals surface area (Å²) < 4.78 is 0. The summed E-state index contributed by atoms with van der Waals surface area (Å²) in [6.45, 7) is 0.112. The second-order valence-electron chi connectivity index (χ2n) is 4.39. The number of amides is 1. The summed E-state index contributed by atoms with van der Waals surface area (Å²) in [5.41, 5.74) is 0.702. The van der Waals surface area contributed by atoms with E-state index >= 15 is 0 Å². The van der Waals surface area contributed by atoms with Crippen molar-refractivity contribution in [2.24, 2.45) is 0 Å². The van der Waals surface area contributed by atoms with Gasteiger partial charge in [0.2, 0.25) is 0 Å². The molecule has 0 atom stereocenters. The van der Waals surface area contributed by atoms with E-state index in [1.54, 1.807) is 37.4 Å². The average Bonchev–Trinajstić information content (AvgIpc) is 2.47. The van der Waals surface area contributed by atoms with E-state index in [0.29, 0.717) is 5.56 Å². The van der Waals surface area contributed by atoms with E-state index in [4.69, 9.17) is 11.6 Å². The van der Waals surface area contributed by atoms with Gasteiger partial charge in [0.15, 0.2) is 0 Å². The normalized spacial score (nSPS) is 10.2. The van der Waals surface area contributed by atoms with Crippen LogP contribution in [0.2, 0.25) is 5.15 Å². The van der Waals surface area contributed by atoms with Gasteiger partial charge in [0.25, 0.3) is 11.6 Å². The van der Waals surface area contributed by atoms with Gasteiger partial charge in [0, 0.05) is 24.9 Å². The molecule has 1 aromatic heterocycles. The van der Waals surface area contributed by atoms with Crippen molar-refractivity contribution in [2.75, 3.05) is 7.05 Å². The number of hydrogen-bond acceptors (Lipinski definition) is 4. The molecule has 0 aliphatic heterocycles. The lowest BCUT2D eigenvalue weighted by Gasteiger charge is -2.17. The Bertz CT molecular complexity index is 691. The minimum Gasteiger partial charge on any atom is -0.337 e. The van der Waals surface area contributed by atoms with Crippen LogP contribution in [-0.2, 0) is 6.54 Å². The Kier molecular flexibility index (Phi) is 4.49. The molecule has 0 radical (unpaired) electrons. The summed E-state index contributed by atoms with van der Waals surface area (Å²) in [6.07, 6.45) is 1.49. The molecule has 2 rings (SSSR count). The van der Waals surface area contributed by atoms with E-state index in [2.05, 4.69) is 4.98 Å². The van der Waals surface area contributed by atoms with E-state index in [9.17, 15) is 14.9 Å². The van der Waals surface area contributed by atoms with E-state index in [0.717, 1.165) is 0 Å². The number of nitro groups is 1. The molecule has 2 aromatic rings. The van der Waals surface area contributed by atoms with Crippen LogP contribution < -0.4 is 0 Å². The van der Waals surface area contributed by atoms with Gasteiger partial charge in [-0.15, -0.1) is 0 Å². The van der Waals surface area contributed by atoms with E-state index < -0.39 is 4.92 Å². The lowest BCUT2D eigenvalue weighted by Crippen LogP contribution is -2.27. The smallest absolute Gasteiger partial charge is 0.274 e. The van der Waals surface area contributed by atoms with Crippen molar-refractivity contribution in [2.45, 2.75) is 6.54 Å². The maximum atomic E-state index is 12.3. The minimum atomic E-state index is -0.468. The van der Waals surface area contributed by atoms with E-state index in [-0.39, 0.29) is 28.9 Å². The van der Waals surface area contributed by atoms with Crippen molar-refractivity contribution in [3.05, 3.63) is 69.0 Å². The summed E-state index contributed by atoms with van der Waals surface area (Å²) in [7, 11) is 1.56. The number of pyridine rings is 1. The molecule has 0 spiro atoms. The van der Waals surface area contributed by atoms with Crippen molar-refractivity contribution in [1.82, 2.24) is 9.88 Å². The Balaban J connectivity index is 2.23. The first-order valence-electron chi connectivity index (χ1n) is 6.09. The second-order valence-corrected chi connectivity index (χ2v) is 4.75. The van der Waals surface area contributed by atoms with Gasteiger partial charge < -0.3 is 4.90 Å². The van der Waals surface area contributed by atoms with Gasteiger partial charge >= 0.3 is 0 Å². The number of para-hydroxylation sites is 1. The first kappa shape index (κ1) is 14.9. The molecule has 6 nitrogen and oxygen atoms in total. The average molecular weight is 306 g/mol. The third-order valence-electron chi connectivity index (χ3n) is 2.93. The Labute approximate surface area is 126 Å². The number of nitro benzene ring substituents is 1. The molecule has 21 heavy (non-hydrogen) atoms. The van der Waals surface area contributed by atoms with Crippen LogP contribution in [0.5, 0.6) is 0 Å². The van der Waals surface area contributed by atoms with Crippen LogP contribution in [0.25, 0.3) is 0 Å².